The van der Waals surface area contributed by atoms with Gasteiger partial charge in [0.05, 0.1) is 0 Å². The van der Waals surface area contributed by atoms with Crippen molar-refractivity contribution in [2.75, 3.05) is 0 Å². The summed E-state index contributed by atoms with van der Waals surface area (Å²) in [5.41, 5.74) is 2.81. The van der Waals surface area contributed by atoms with Crippen LogP contribution in [0.4, 0.5) is 22.0 Å². The van der Waals surface area contributed by atoms with Gasteiger partial charge < -0.3 is 4.74 Å². The molecule has 2 aliphatic carbocycles. The second-order valence-corrected chi connectivity index (χ2v) is 9.77. The number of benzene rings is 2. The quantitative estimate of drug-likeness (QED) is 0.273. The normalized spacial score (nSPS) is 24.3. The molecule has 0 heterocycles. The second-order valence-electron chi connectivity index (χ2n) is 9.77. The van der Waals surface area contributed by atoms with E-state index in [2.05, 4.69) is 18.2 Å². The number of halogens is 5. The van der Waals surface area contributed by atoms with Crippen LogP contribution in [0.5, 0.6) is 5.75 Å². The molecule has 0 aromatic heterocycles. The SMILES string of the molecule is C=C(CCC)C1C2CCC(c3cc(F)c(CCc4ccc(OC(F)(F)F)cc4)c(F)c3)CCC21. The lowest BCUT2D eigenvalue weighted by Crippen LogP contribution is -2.17. The highest BCUT2D eigenvalue weighted by atomic mass is 19.4. The third-order valence-electron chi connectivity index (χ3n) is 7.53. The van der Waals surface area contributed by atoms with Crippen molar-refractivity contribution in [1.82, 2.24) is 0 Å². The fourth-order valence-corrected chi connectivity index (χ4v) is 5.81. The van der Waals surface area contributed by atoms with E-state index in [0.717, 1.165) is 44.1 Å². The van der Waals surface area contributed by atoms with E-state index in [1.54, 1.807) is 0 Å². The molecule has 2 aromatic rings. The maximum absolute atomic E-state index is 14.9. The van der Waals surface area contributed by atoms with Gasteiger partial charge in [0, 0.05) is 5.56 Å². The molecule has 34 heavy (non-hydrogen) atoms. The number of allylic oxidation sites excluding steroid dienone is 1. The summed E-state index contributed by atoms with van der Waals surface area (Å²) in [6.45, 7) is 6.45. The van der Waals surface area contributed by atoms with E-state index in [4.69, 9.17) is 0 Å². The maximum Gasteiger partial charge on any atom is 0.573 e. The summed E-state index contributed by atoms with van der Waals surface area (Å²) < 4.78 is 70.4. The molecular formula is C28H31F5O. The molecule has 2 fully saturated rings. The van der Waals surface area contributed by atoms with E-state index in [1.165, 1.54) is 42.0 Å². The van der Waals surface area contributed by atoms with Crippen molar-refractivity contribution < 1.29 is 26.7 Å². The van der Waals surface area contributed by atoms with Crippen LogP contribution in [0.2, 0.25) is 0 Å². The van der Waals surface area contributed by atoms with Crippen molar-refractivity contribution in [2.24, 2.45) is 17.8 Å². The molecule has 0 spiro atoms. The van der Waals surface area contributed by atoms with Gasteiger partial charge in [-0.3, -0.25) is 0 Å². The standard InChI is InChI=1S/C28H31F5O/c1-3-4-17(2)27-22-13-8-19(9-14-23(22)27)20-15-25(29)24(26(30)16-20)12-7-18-5-10-21(11-6-18)34-28(31,32)33/h5-6,10-11,15-16,19,22-23,27H,2-4,7-9,12-14H2,1H3. The van der Waals surface area contributed by atoms with Crippen LogP contribution in [0.1, 0.15) is 68.1 Å². The molecule has 0 N–H and O–H groups in total. The monoisotopic (exact) mass is 478 g/mol. The highest BCUT2D eigenvalue weighted by molar-refractivity contribution is 5.32. The van der Waals surface area contributed by atoms with Crippen LogP contribution in [-0.2, 0) is 12.8 Å². The molecule has 0 radical (unpaired) electrons. The van der Waals surface area contributed by atoms with E-state index in [-0.39, 0.29) is 23.7 Å². The van der Waals surface area contributed by atoms with Crippen molar-refractivity contribution in [2.45, 2.75) is 70.6 Å². The molecule has 2 saturated carbocycles. The third-order valence-corrected chi connectivity index (χ3v) is 7.53. The van der Waals surface area contributed by atoms with Crippen molar-refractivity contribution in [3.63, 3.8) is 0 Å². The molecule has 184 valence electrons. The Morgan fingerprint density at radius 1 is 0.941 bits per heavy atom. The van der Waals surface area contributed by atoms with Crippen LogP contribution in [0.25, 0.3) is 0 Å². The summed E-state index contributed by atoms with van der Waals surface area (Å²) in [5, 5.41) is 0. The van der Waals surface area contributed by atoms with Gasteiger partial charge in [-0.15, -0.1) is 13.2 Å². The summed E-state index contributed by atoms with van der Waals surface area (Å²) in [4.78, 5) is 0. The Labute approximate surface area is 198 Å². The van der Waals surface area contributed by atoms with Crippen LogP contribution in [-0.4, -0.2) is 6.36 Å². The van der Waals surface area contributed by atoms with Crippen molar-refractivity contribution in [3.8, 4) is 5.75 Å². The van der Waals surface area contributed by atoms with E-state index >= 15 is 0 Å². The zero-order chi connectivity index (χ0) is 24.5. The molecule has 0 bridgehead atoms. The minimum Gasteiger partial charge on any atom is -0.406 e. The van der Waals surface area contributed by atoms with Gasteiger partial charge in [0.1, 0.15) is 17.4 Å². The van der Waals surface area contributed by atoms with Gasteiger partial charge in [0.15, 0.2) is 0 Å². The van der Waals surface area contributed by atoms with Crippen LogP contribution in [0.3, 0.4) is 0 Å². The van der Waals surface area contributed by atoms with Crippen molar-refractivity contribution >= 4 is 0 Å². The first-order chi connectivity index (χ1) is 16.2. The lowest BCUT2D eigenvalue weighted by molar-refractivity contribution is -0.274. The summed E-state index contributed by atoms with van der Waals surface area (Å²) in [6, 6.07) is 8.32. The molecule has 2 unspecified atom stereocenters. The van der Waals surface area contributed by atoms with E-state index < -0.39 is 18.0 Å². The predicted molar refractivity (Wildman–Crippen MR) is 123 cm³/mol. The Hall–Kier alpha value is -2.37. The fraction of sp³-hybridized carbons (Fsp3) is 0.500. The summed E-state index contributed by atoms with van der Waals surface area (Å²) >= 11 is 0. The van der Waals surface area contributed by atoms with Crippen LogP contribution in [0, 0.1) is 29.4 Å². The number of rotatable bonds is 8. The number of alkyl halides is 3. The fourth-order valence-electron chi connectivity index (χ4n) is 5.81. The first-order valence-corrected chi connectivity index (χ1v) is 12.2. The Balaban J connectivity index is 1.35. The van der Waals surface area contributed by atoms with Gasteiger partial charge in [0.2, 0.25) is 0 Å². The summed E-state index contributed by atoms with van der Waals surface area (Å²) in [6.07, 6.45) is 1.97. The van der Waals surface area contributed by atoms with Crippen molar-refractivity contribution in [1.29, 1.82) is 0 Å². The van der Waals surface area contributed by atoms with Crippen LogP contribution >= 0.6 is 0 Å². The number of hydrogen-bond acceptors (Lipinski definition) is 1. The molecule has 2 atom stereocenters. The number of hydrogen-bond donors (Lipinski definition) is 0. The molecule has 0 aliphatic heterocycles. The maximum atomic E-state index is 14.9. The largest absolute Gasteiger partial charge is 0.573 e. The second kappa shape index (κ2) is 10.1. The Morgan fingerprint density at radius 3 is 2.06 bits per heavy atom. The zero-order valence-corrected chi connectivity index (χ0v) is 19.4. The average molecular weight is 479 g/mol. The zero-order valence-electron chi connectivity index (χ0n) is 19.4. The Bertz CT molecular complexity index is 973. The molecule has 2 aliphatic rings. The molecule has 4 rings (SSSR count). The van der Waals surface area contributed by atoms with Gasteiger partial charge in [-0.25, -0.2) is 8.78 Å². The molecule has 0 saturated heterocycles. The van der Waals surface area contributed by atoms with Gasteiger partial charge >= 0.3 is 6.36 Å². The lowest BCUT2D eigenvalue weighted by atomic mass is 9.87. The topological polar surface area (TPSA) is 9.23 Å². The highest BCUT2D eigenvalue weighted by Crippen LogP contribution is 2.59. The van der Waals surface area contributed by atoms with Gasteiger partial charge in [-0.05, 0) is 104 Å². The smallest absolute Gasteiger partial charge is 0.406 e. The number of ether oxygens (including phenoxy) is 1. The minimum atomic E-state index is -4.75. The summed E-state index contributed by atoms with van der Waals surface area (Å²) in [5.74, 6) is 0.779. The van der Waals surface area contributed by atoms with E-state index in [9.17, 15) is 22.0 Å². The third kappa shape index (κ3) is 5.81. The predicted octanol–water partition coefficient (Wildman–Crippen LogP) is 8.52. The van der Waals surface area contributed by atoms with Gasteiger partial charge in [0.25, 0.3) is 0 Å². The Morgan fingerprint density at radius 2 is 1.53 bits per heavy atom. The summed E-state index contributed by atoms with van der Waals surface area (Å²) in [7, 11) is 0. The molecule has 2 aromatic carbocycles. The number of fused-ring (bicyclic) bond motifs is 1. The molecule has 0 amide bonds. The van der Waals surface area contributed by atoms with Crippen LogP contribution < -0.4 is 4.74 Å². The first kappa shape index (κ1) is 24.7. The van der Waals surface area contributed by atoms with Crippen LogP contribution in [0.15, 0.2) is 48.6 Å². The number of aryl methyl sites for hydroxylation is 1. The van der Waals surface area contributed by atoms with E-state index in [1.807, 2.05) is 0 Å². The highest BCUT2D eigenvalue weighted by Gasteiger charge is 2.51. The first-order valence-electron chi connectivity index (χ1n) is 12.2. The van der Waals surface area contributed by atoms with Gasteiger partial charge in [-0.2, -0.15) is 0 Å². The molecule has 6 heteroatoms. The Kier molecular flexibility index (Phi) is 7.34. The molecular weight excluding hydrogens is 447 g/mol. The average Bonchev–Trinajstić information content (AvgIpc) is 3.49. The minimum absolute atomic E-state index is 0.0202. The van der Waals surface area contributed by atoms with E-state index in [0.29, 0.717) is 29.7 Å². The van der Waals surface area contributed by atoms with Gasteiger partial charge in [-0.1, -0.05) is 37.6 Å². The molecule has 1 nitrogen and oxygen atoms in total. The lowest BCUT2D eigenvalue weighted by Gasteiger charge is -2.18. The van der Waals surface area contributed by atoms with Crippen molar-refractivity contribution in [3.05, 3.63) is 76.9 Å².